The SMILES string of the molecule is c1ccc(-c2nc(-c3ccccc3)nc(-c3cccc(-c4cccc(-c5ccc6c7ccccc7c7cccc8sc5c6c87)c4)c3)n2)cc1. The van der Waals surface area contributed by atoms with E-state index in [2.05, 4.69) is 103 Å². The molecule has 3 nitrogen and oxygen atoms in total. The van der Waals surface area contributed by atoms with Gasteiger partial charge in [-0.05, 0) is 62.0 Å². The lowest BCUT2D eigenvalue weighted by Crippen LogP contribution is -2.00. The zero-order valence-corrected chi connectivity index (χ0v) is 27.2. The first-order valence-electron chi connectivity index (χ1n) is 16.4. The molecule has 0 spiro atoms. The zero-order valence-electron chi connectivity index (χ0n) is 26.3. The topological polar surface area (TPSA) is 38.7 Å². The van der Waals surface area contributed by atoms with Crippen molar-refractivity contribution in [2.75, 3.05) is 0 Å². The van der Waals surface area contributed by atoms with Gasteiger partial charge in [-0.2, -0.15) is 0 Å². The highest BCUT2D eigenvalue weighted by Gasteiger charge is 2.19. The van der Waals surface area contributed by atoms with Crippen molar-refractivity contribution in [3.8, 4) is 56.4 Å². The number of hydrogen-bond acceptors (Lipinski definition) is 4. The predicted octanol–water partition coefficient (Wildman–Crippen LogP) is 12.3. The monoisotopic (exact) mass is 641 g/mol. The highest BCUT2D eigenvalue weighted by molar-refractivity contribution is 7.26. The Hall–Kier alpha value is -6.23. The van der Waals surface area contributed by atoms with Gasteiger partial charge in [-0.3, -0.25) is 0 Å². The van der Waals surface area contributed by atoms with Crippen LogP contribution >= 0.6 is 11.3 Å². The van der Waals surface area contributed by atoms with E-state index >= 15 is 0 Å². The van der Waals surface area contributed by atoms with E-state index in [1.165, 1.54) is 52.8 Å². The average molecular weight is 642 g/mol. The highest BCUT2D eigenvalue weighted by Crippen LogP contribution is 2.48. The van der Waals surface area contributed by atoms with E-state index < -0.39 is 0 Å². The summed E-state index contributed by atoms with van der Waals surface area (Å²) in [5.41, 5.74) is 7.60. The molecule has 0 saturated heterocycles. The summed E-state index contributed by atoms with van der Waals surface area (Å²) >= 11 is 1.90. The summed E-state index contributed by atoms with van der Waals surface area (Å²) in [6.07, 6.45) is 0. The normalized spacial score (nSPS) is 11.7. The van der Waals surface area contributed by atoms with Gasteiger partial charge in [0.15, 0.2) is 17.5 Å². The van der Waals surface area contributed by atoms with Crippen molar-refractivity contribution in [3.63, 3.8) is 0 Å². The molecule has 0 fully saturated rings. The Balaban J connectivity index is 1.10. The Morgan fingerprint density at radius 2 is 0.796 bits per heavy atom. The van der Waals surface area contributed by atoms with Gasteiger partial charge in [0.1, 0.15) is 0 Å². The molecule has 0 aliphatic carbocycles. The average Bonchev–Trinajstić information content (AvgIpc) is 3.58. The van der Waals surface area contributed by atoms with Crippen molar-refractivity contribution in [3.05, 3.63) is 164 Å². The van der Waals surface area contributed by atoms with Crippen LogP contribution in [0.15, 0.2) is 164 Å². The van der Waals surface area contributed by atoms with Crippen molar-refractivity contribution in [2.45, 2.75) is 0 Å². The molecule has 0 saturated carbocycles. The fourth-order valence-corrected chi connectivity index (χ4v) is 8.48. The van der Waals surface area contributed by atoms with Crippen molar-refractivity contribution < 1.29 is 0 Å². The maximum absolute atomic E-state index is 4.97. The second-order valence-electron chi connectivity index (χ2n) is 12.4. The number of rotatable bonds is 5. The van der Waals surface area contributed by atoms with Crippen LogP contribution in [0.25, 0.3) is 98.1 Å². The summed E-state index contributed by atoms with van der Waals surface area (Å²) < 4.78 is 2.68. The molecule has 8 aromatic carbocycles. The Bertz CT molecular complexity index is 2760. The lowest BCUT2D eigenvalue weighted by molar-refractivity contribution is 1.07. The summed E-state index contributed by atoms with van der Waals surface area (Å²) in [5.74, 6) is 1.97. The van der Waals surface area contributed by atoms with Crippen LogP contribution < -0.4 is 0 Å². The van der Waals surface area contributed by atoms with Gasteiger partial charge in [0.25, 0.3) is 0 Å². The molecular formula is C45H27N3S. The van der Waals surface area contributed by atoms with E-state index in [-0.39, 0.29) is 0 Å². The molecule has 0 amide bonds. The third kappa shape index (κ3) is 4.61. The molecule has 0 radical (unpaired) electrons. The maximum Gasteiger partial charge on any atom is 0.164 e. The lowest BCUT2D eigenvalue weighted by atomic mass is 9.91. The molecule has 0 aliphatic rings. The number of thiophene rings is 1. The first kappa shape index (κ1) is 27.8. The molecule has 0 N–H and O–H groups in total. The van der Waals surface area contributed by atoms with E-state index in [4.69, 9.17) is 15.0 Å². The fourth-order valence-electron chi connectivity index (χ4n) is 7.19. The standard InChI is InChI=1S/C45H27N3S/c1-3-12-28(13-4-1)43-46-44(29-14-5-2-6-15-29)48-45(47-43)33-19-10-17-31(27-33)30-16-9-18-32(26-30)34-24-25-38-36-21-8-7-20-35(36)37-22-11-23-39-40(37)41(38)42(34)49-39/h1-27H. The van der Waals surface area contributed by atoms with Crippen LogP contribution in [0, 0.1) is 0 Å². The van der Waals surface area contributed by atoms with Crippen LogP contribution in [0.2, 0.25) is 0 Å². The second kappa shape index (κ2) is 11.2. The van der Waals surface area contributed by atoms with Crippen molar-refractivity contribution >= 4 is 53.1 Å². The maximum atomic E-state index is 4.97. The minimum atomic E-state index is 0.652. The number of nitrogens with zero attached hydrogens (tertiary/aromatic N) is 3. The van der Waals surface area contributed by atoms with Gasteiger partial charge in [-0.1, -0.05) is 146 Å². The Kier molecular flexibility index (Phi) is 6.36. The number of aromatic nitrogens is 3. The molecule has 0 unspecified atom stereocenters. The first-order chi connectivity index (χ1) is 24.3. The van der Waals surface area contributed by atoms with Gasteiger partial charge in [-0.25, -0.2) is 15.0 Å². The van der Waals surface area contributed by atoms with E-state index in [0.29, 0.717) is 17.5 Å². The molecule has 10 aromatic rings. The van der Waals surface area contributed by atoms with E-state index in [1.807, 2.05) is 72.0 Å². The van der Waals surface area contributed by atoms with Crippen LogP contribution in [0.1, 0.15) is 0 Å². The van der Waals surface area contributed by atoms with Crippen molar-refractivity contribution in [1.82, 2.24) is 15.0 Å². The van der Waals surface area contributed by atoms with Crippen LogP contribution in [-0.2, 0) is 0 Å². The molecule has 0 aliphatic heterocycles. The van der Waals surface area contributed by atoms with E-state index in [1.54, 1.807) is 0 Å². The Morgan fingerprint density at radius 3 is 1.45 bits per heavy atom. The quantitative estimate of drug-likeness (QED) is 0.176. The smallest absolute Gasteiger partial charge is 0.164 e. The number of hydrogen-bond donors (Lipinski definition) is 0. The predicted molar refractivity (Wildman–Crippen MR) is 206 cm³/mol. The molecular weight excluding hydrogens is 615 g/mol. The van der Waals surface area contributed by atoms with Gasteiger partial charge in [0, 0.05) is 36.9 Å². The van der Waals surface area contributed by atoms with Gasteiger partial charge in [0.05, 0.1) is 0 Å². The van der Waals surface area contributed by atoms with E-state index in [9.17, 15) is 0 Å². The zero-order chi connectivity index (χ0) is 32.3. The van der Waals surface area contributed by atoms with Gasteiger partial charge in [0.2, 0.25) is 0 Å². The molecule has 10 rings (SSSR count). The summed E-state index contributed by atoms with van der Waals surface area (Å²) in [6.45, 7) is 0. The molecule has 2 heterocycles. The lowest BCUT2D eigenvalue weighted by Gasteiger charge is -2.12. The minimum absolute atomic E-state index is 0.652. The second-order valence-corrected chi connectivity index (χ2v) is 13.4. The molecule has 0 atom stereocenters. The minimum Gasteiger partial charge on any atom is -0.208 e. The summed E-state index contributed by atoms with van der Waals surface area (Å²) in [6, 6.07) is 57.8. The van der Waals surface area contributed by atoms with Gasteiger partial charge >= 0.3 is 0 Å². The molecule has 2 aromatic heterocycles. The summed E-state index contributed by atoms with van der Waals surface area (Å²) in [7, 11) is 0. The van der Waals surface area contributed by atoms with Gasteiger partial charge < -0.3 is 0 Å². The first-order valence-corrected chi connectivity index (χ1v) is 17.3. The molecule has 228 valence electrons. The van der Waals surface area contributed by atoms with Crippen LogP contribution in [-0.4, -0.2) is 15.0 Å². The van der Waals surface area contributed by atoms with Gasteiger partial charge in [-0.15, -0.1) is 11.3 Å². The molecule has 4 heteroatoms. The Morgan fingerprint density at radius 1 is 0.327 bits per heavy atom. The van der Waals surface area contributed by atoms with Crippen LogP contribution in [0.4, 0.5) is 0 Å². The summed E-state index contributed by atoms with van der Waals surface area (Å²) in [5, 5.41) is 8.04. The van der Waals surface area contributed by atoms with Crippen LogP contribution in [0.5, 0.6) is 0 Å². The van der Waals surface area contributed by atoms with Crippen molar-refractivity contribution in [1.29, 1.82) is 0 Å². The largest absolute Gasteiger partial charge is 0.208 e. The van der Waals surface area contributed by atoms with E-state index in [0.717, 1.165) is 27.8 Å². The summed E-state index contributed by atoms with van der Waals surface area (Å²) in [4.78, 5) is 14.8. The molecule has 0 bridgehead atoms. The third-order valence-electron chi connectivity index (χ3n) is 9.48. The number of benzene rings is 8. The third-order valence-corrected chi connectivity index (χ3v) is 10.7. The molecule has 49 heavy (non-hydrogen) atoms. The number of fused-ring (bicyclic) bond motifs is 3. The van der Waals surface area contributed by atoms with Crippen LogP contribution in [0.3, 0.4) is 0 Å². The Labute approximate surface area is 287 Å². The highest BCUT2D eigenvalue weighted by atomic mass is 32.1. The van der Waals surface area contributed by atoms with Crippen molar-refractivity contribution in [2.24, 2.45) is 0 Å². The fraction of sp³-hybridized carbons (Fsp3) is 0.